The van der Waals surface area contributed by atoms with Crippen LogP contribution in [-0.4, -0.2) is 49.0 Å². The number of fused-ring (bicyclic) bond motifs is 1. The van der Waals surface area contributed by atoms with Gasteiger partial charge in [0.15, 0.2) is 0 Å². The van der Waals surface area contributed by atoms with Crippen LogP contribution >= 0.6 is 0 Å². The maximum Gasteiger partial charge on any atom is 0.229 e. The van der Waals surface area contributed by atoms with Gasteiger partial charge in [0.2, 0.25) is 5.91 Å². The van der Waals surface area contributed by atoms with Gasteiger partial charge in [0.05, 0.1) is 11.1 Å². The summed E-state index contributed by atoms with van der Waals surface area (Å²) in [5, 5.41) is 2.24. The molecular weight excluding hydrogens is 288 g/mol. The van der Waals surface area contributed by atoms with Crippen LogP contribution in [0.4, 0.5) is 5.69 Å². The van der Waals surface area contributed by atoms with Crippen molar-refractivity contribution in [2.75, 3.05) is 38.1 Å². The summed E-state index contributed by atoms with van der Waals surface area (Å²) in [6, 6.07) is 8.52. The Bertz CT molecular complexity index is 761. The average molecular weight is 310 g/mol. The number of piperazine rings is 1. The lowest BCUT2D eigenvalue weighted by Gasteiger charge is -2.34. The van der Waals surface area contributed by atoms with Gasteiger partial charge in [-0.15, -0.1) is 0 Å². The number of anilines is 1. The van der Waals surface area contributed by atoms with Crippen molar-refractivity contribution in [1.82, 2.24) is 9.88 Å². The Balaban J connectivity index is 1.64. The van der Waals surface area contributed by atoms with Gasteiger partial charge in [0.25, 0.3) is 0 Å². The van der Waals surface area contributed by atoms with Crippen LogP contribution in [0.25, 0.3) is 10.8 Å². The Kier molecular flexibility index (Phi) is 3.27. The van der Waals surface area contributed by atoms with Gasteiger partial charge in [-0.2, -0.15) is 0 Å². The molecule has 0 atom stereocenters. The zero-order valence-corrected chi connectivity index (χ0v) is 13.5. The second-order valence-electron chi connectivity index (χ2n) is 6.84. The number of hydrogen-bond acceptors (Lipinski definition) is 4. The molecule has 5 nitrogen and oxygen atoms in total. The molecule has 1 aromatic carbocycles. The topological polar surface area (TPSA) is 62.5 Å². The maximum atomic E-state index is 11.7. The number of carbonyl (C=O) groups excluding carboxylic acids is 1. The van der Waals surface area contributed by atoms with Crippen molar-refractivity contribution < 1.29 is 4.79 Å². The number of benzene rings is 1. The van der Waals surface area contributed by atoms with Crippen molar-refractivity contribution in [3.63, 3.8) is 0 Å². The fourth-order valence-electron chi connectivity index (χ4n) is 3.41. The predicted molar refractivity (Wildman–Crippen MR) is 91.6 cm³/mol. The molecule has 1 aliphatic heterocycles. The van der Waals surface area contributed by atoms with Crippen LogP contribution in [0.1, 0.15) is 18.5 Å². The van der Waals surface area contributed by atoms with E-state index in [-0.39, 0.29) is 5.91 Å². The molecule has 120 valence electrons. The molecule has 2 N–H and O–H groups in total. The Labute approximate surface area is 136 Å². The van der Waals surface area contributed by atoms with Gasteiger partial charge in [-0.25, -0.2) is 0 Å². The molecular formula is C18H22N4O. The Hall–Kier alpha value is -2.14. The molecule has 0 unspecified atom stereocenters. The van der Waals surface area contributed by atoms with E-state index < -0.39 is 5.41 Å². The summed E-state index contributed by atoms with van der Waals surface area (Å²) in [6.45, 7) is 4.29. The van der Waals surface area contributed by atoms with Crippen molar-refractivity contribution in [3.8, 4) is 0 Å². The number of hydrogen-bond donors (Lipinski definition) is 1. The van der Waals surface area contributed by atoms with Crippen LogP contribution in [0.5, 0.6) is 0 Å². The number of aromatic nitrogens is 1. The lowest BCUT2D eigenvalue weighted by atomic mass is 9.99. The number of rotatable bonds is 3. The minimum atomic E-state index is -0.510. The summed E-state index contributed by atoms with van der Waals surface area (Å²) >= 11 is 0. The van der Waals surface area contributed by atoms with Crippen LogP contribution < -0.4 is 10.6 Å². The molecule has 2 aromatic rings. The standard InChI is InChI=1S/C18H22N4O/c1-21-6-8-22(9-7-21)15-3-2-13-11-16(20-12-14(13)10-15)18(4-5-18)17(19)23/h2-3,10-12H,4-9H2,1H3,(H2,19,23). The van der Waals surface area contributed by atoms with Crippen LogP contribution in [-0.2, 0) is 10.2 Å². The number of pyridine rings is 1. The lowest BCUT2D eigenvalue weighted by Crippen LogP contribution is -2.44. The van der Waals surface area contributed by atoms with Crippen LogP contribution in [0.2, 0.25) is 0 Å². The second kappa shape index (κ2) is 5.20. The number of primary amides is 1. The number of amides is 1. The lowest BCUT2D eigenvalue weighted by molar-refractivity contribution is -0.120. The molecule has 2 fully saturated rings. The molecule has 5 heteroatoms. The number of nitrogens with two attached hydrogens (primary N) is 1. The first kappa shape index (κ1) is 14.5. The second-order valence-corrected chi connectivity index (χ2v) is 6.84. The molecule has 0 bridgehead atoms. The van der Waals surface area contributed by atoms with Gasteiger partial charge in [-0.1, -0.05) is 6.07 Å². The largest absolute Gasteiger partial charge is 0.369 e. The summed E-state index contributed by atoms with van der Waals surface area (Å²) in [5.41, 5.74) is 7.11. The van der Waals surface area contributed by atoms with Crippen molar-refractivity contribution in [3.05, 3.63) is 36.2 Å². The molecule has 1 aromatic heterocycles. The molecule has 1 saturated carbocycles. The minimum absolute atomic E-state index is 0.251. The van der Waals surface area contributed by atoms with E-state index in [9.17, 15) is 4.79 Å². The molecule has 23 heavy (non-hydrogen) atoms. The molecule has 0 radical (unpaired) electrons. The smallest absolute Gasteiger partial charge is 0.229 e. The summed E-state index contributed by atoms with van der Waals surface area (Å²) in [5.74, 6) is -0.251. The van der Waals surface area contributed by atoms with Gasteiger partial charge in [0.1, 0.15) is 0 Å². The Morgan fingerprint density at radius 1 is 1.13 bits per heavy atom. The summed E-state index contributed by atoms with van der Waals surface area (Å²) in [6.07, 6.45) is 3.52. The van der Waals surface area contributed by atoms with E-state index in [1.807, 2.05) is 12.3 Å². The predicted octanol–water partition coefficient (Wildman–Crippen LogP) is 1.50. The third kappa shape index (κ3) is 2.45. The van der Waals surface area contributed by atoms with Gasteiger partial charge >= 0.3 is 0 Å². The monoisotopic (exact) mass is 310 g/mol. The zero-order chi connectivity index (χ0) is 16.0. The zero-order valence-electron chi connectivity index (χ0n) is 13.5. The van der Waals surface area contributed by atoms with Crippen molar-refractivity contribution in [2.45, 2.75) is 18.3 Å². The molecule has 2 aliphatic rings. The highest BCUT2D eigenvalue weighted by Gasteiger charge is 2.51. The minimum Gasteiger partial charge on any atom is -0.369 e. The highest BCUT2D eigenvalue weighted by atomic mass is 16.1. The Morgan fingerprint density at radius 3 is 2.52 bits per heavy atom. The summed E-state index contributed by atoms with van der Waals surface area (Å²) < 4.78 is 0. The van der Waals surface area contributed by atoms with E-state index in [1.54, 1.807) is 0 Å². The van der Waals surface area contributed by atoms with Crippen LogP contribution in [0, 0.1) is 0 Å². The van der Waals surface area contributed by atoms with E-state index in [0.29, 0.717) is 0 Å². The molecule has 0 spiro atoms. The maximum absolute atomic E-state index is 11.7. The molecule has 1 aliphatic carbocycles. The van der Waals surface area contributed by atoms with Crippen LogP contribution in [0.3, 0.4) is 0 Å². The van der Waals surface area contributed by atoms with Crippen molar-refractivity contribution >= 4 is 22.4 Å². The first-order chi connectivity index (χ1) is 11.1. The fraction of sp³-hybridized carbons (Fsp3) is 0.444. The summed E-state index contributed by atoms with van der Waals surface area (Å²) in [7, 11) is 2.16. The average Bonchev–Trinajstić information content (AvgIpc) is 3.36. The van der Waals surface area contributed by atoms with E-state index in [2.05, 4.69) is 40.0 Å². The van der Waals surface area contributed by atoms with Gasteiger partial charge < -0.3 is 15.5 Å². The molecule has 2 heterocycles. The molecule has 1 amide bonds. The van der Waals surface area contributed by atoms with Gasteiger partial charge in [-0.05, 0) is 43.5 Å². The third-order valence-electron chi connectivity index (χ3n) is 5.29. The summed E-state index contributed by atoms with van der Waals surface area (Å²) in [4.78, 5) is 21.0. The van der Waals surface area contributed by atoms with E-state index >= 15 is 0 Å². The van der Waals surface area contributed by atoms with Crippen LogP contribution in [0.15, 0.2) is 30.5 Å². The van der Waals surface area contributed by atoms with Crippen molar-refractivity contribution in [1.29, 1.82) is 0 Å². The quantitative estimate of drug-likeness (QED) is 0.933. The Morgan fingerprint density at radius 2 is 1.87 bits per heavy atom. The van der Waals surface area contributed by atoms with Crippen molar-refractivity contribution in [2.24, 2.45) is 5.73 Å². The molecule has 1 saturated heterocycles. The number of carbonyl (C=O) groups is 1. The fourth-order valence-corrected chi connectivity index (χ4v) is 3.41. The molecule has 4 rings (SSSR count). The first-order valence-electron chi connectivity index (χ1n) is 8.22. The number of likely N-dealkylation sites (N-methyl/N-ethyl adjacent to an activating group) is 1. The number of nitrogens with zero attached hydrogens (tertiary/aromatic N) is 3. The van der Waals surface area contributed by atoms with Gasteiger partial charge in [0, 0.05) is 43.4 Å². The normalized spacial score (nSPS) is 20.7. The SMILES string of the molecule is CN1CCN(c2ccc3cc(C4(C(N)=O)CC4)ncc3c2)CC1. The van der Waals surface area contributed by atoms with Gasteiger partial charge in [-0.3, -0.25) is 9.78 Å². The van der Waals surface area contributed by atoms with E-state index in [0.717, 1.165) is 55.5 Å². The van der Waals surface area contributed by atoms with E-state index in [1.165, 1.54) is 5.69 Å². The van der Waals surface area contributed by atoms with E-state index in [4.69, 9.17) is 5.73 Å². The highest BCUT2D eigenvalue weighted by Crippen LogP contribution is 2.47. The third-order valence-corrected chi connectivity index (χ3v) is 5.29. The highest BCUT2D eigenvalue weighted by molar-refractivity contribution is 5.92. The first-order valence-corrected chi connectivity index (χ1v) is 8.22.